The molecule has 0 aliphatic rings. The molecule has 1 unspecified atom stereocenters. The number of carbonyl (C=O) groups is 1. The van der Waals surface area contributed by atoms with Gasteiger partial charge in [-0.2, -0.15) is 0 Å². The molecule has 2 aromatic rings. The highest BCUT2D eigenvalue weighted by Crippen LogP contribution is 2.28. The summed E-state index contributed by atoms with van der Waals surface area (Å²) in [5, 5.41) is 9.61. The fourth-order valence-corrected chi connectivity index (χ4v) is 3.29. The molecule has 1 aromatic carbocycles. The van der Waals surface area contributed by atoms with E-state index in [1.165, 1.54) is 11.9 Å². The fraction of sp³-hybridized carbons (Fsp3) is 0.444. The van der Waals surface area contributed by atoms with Crippen molar-refractivity contribution in [1.29, 1.82) is 0 Å². The summed E-state index contributed by atoms with van der Waals surface area (Å²) < 4.78 is 5.29. The monoisotopic (exact) mass is 347 g/mol. The van der Waals surface area contributed by atoms with Gasteiger partial charge in [0.1, 0.15) is 5.75 Å². The number of aromatic nitrogens is 1. The van der Waals surface area contributed by atoms with Crippen LogP contribution < -0.4 is 15.4 Å². The minimum atomic E-state index is -0.107. The smallest absolute Gasteiger partial charge is 0.221 e. The Kier molecular flexibility index (Phi) is 6.75. The second-order valence-corrected chi connectivity index (χ2v) is 6.75. The van der Waals surface area contributed by atoms with Crippen molar-refractivity contribution in [2.24, 2.45) is 0 Å². The molecule has 0 saturated heterocycles. The number of nitrogens with zero attached hydrogens (tertiary/aromatic N) is 1. The van der Waals surface area contributed by atoms with Crippen LogP contribution in [0.1, 0.15) is 42.6 Å². The average Bonchev–Trinajstić information content (AvgIpc) is 2.96. The molecule has 0 saturated carbocycles. The topological polar surface area (TPSA) is 63.2 Å². The molecule has 1 aromatic heterocycles. The van der Waals surface area contributed by atoms with Gasteiger partial charge in [-0.25, -0.2) is 4.98 Å². The standard InChI is InChI=1S/C18H25N3O2S/c1-12-11-24-18(20-12)6-5-9-19-13(2)15-7-8-17(23-4)16(10-15)21-14(3)22/h7-8,10-11,13,19H,5-6,9H2,1-4H3,(H,21,22). The highest BCUT2D eigenvalue weighted by molar-refractivity contribution is 7.09. The van der Waals surface area contributed by atoms with Gasteiger partial charge in [0.25, 0.3) is 0 Å². The third kappa shape index (κ3) is 5.32. The first-order chi connectivity index (χ1) is 11.5. The van der Waals surface area contributed by atoms with E-state index in [9.17, 15) is 4.79 Å². The molecule has 0 radical (unpaired) electrons. The summed E-state index contributed by atoms with van der Waals surface area (Å²) >= 11 is 1.72. The van der Waals surface area contributed by atoms with Crippen LogP contribution in [0, 0.1) is 6.92 Å². The Bertz CT molecular complexity index is 685. The maximum atomic E-state index is 11.3. The second kappa shape index (κ2) is 8.80. The van der Waals surface area contributed by atoms with Gasteiger partial charge in [-0.15, -0.1) is 11.3 Å². The first kappa shape index (κ1) is 18.4. The molecule has 0 bridgehead atoms. The van der Waals surface area contributed by atoms with Crippen molar-refractivity contribution in [3.8, 4) is 5.75 Å². The number of ether oxygens (including phenoxy) is 1. The van der Waals surface area contributed by atoms with Gasteiger partial charge in [-0.1, -0.05) is 6.07 Å². The number of hydrogen-bond donors (Lipinski definition) is 2. The highest BCUT2D eigenvalue weighted by atomic mass is 32.1. The zero-order valence-corrected chi connectivity index (χ0v) is 15.5. The van der Waals surface area contributed by atoms with Gasteiger partial charge in [0.05, 0.1) is 17.8 Å². The van der Waals surface area contributed by atoms with Crippen molar-refractivity contribution in [2.45, 2.75) is 39.7 Å². The first-order valence-electron chi connectivity index (χ1n) is 8.09. The van der Waals surface area contributed by atoms with Gasteiger partial charge in [-0.05, 0) is 44.5 Å². The molecule has 5 nitrogen and oxygen atoms in total. The number of anilines is 1. The molecule has 6 heteroatoms. The molecular weight excluding hydrogens is 322 g/mol. The molecule has 0 aliphatic heterocycles. The Hall–Kier alpha value is -1.92. The SMILES string of the molecule is COc1ccc(C(C)NCCCc2nc(C)cs2)cc1NC(C)=O. The lowest BCUT2D eigenvalue weighted by Crippen LogP contribution is -2.20. The number of rotatable bonds is 8. The third-order valence-electron chi connectivity index (χ3n) is 3.72. The summed E-state index contributed by atoms with van der Waals surface area (Å²) in [5.41, 5.74) is 2.92. The van der Waals surface area contributed by atoms with E-state index in [-0.39, 0.29) is 11.9 Å². The van der Waals surface area contributed by atoms with Crippen molar-refractivity contribution in [3.05, 3.63) is 39.8 Å². The van der Waals surface area contributed by atoms with Crippen molar-refractivity contribution in [1.82, 2.24) is 10.3 Å². The Morgan fingerprint density at radius 2 is 2.21 bits per heavy atom. The Balaban J connectivity index is 1.89. The van der Waals surface area contributed by atoms with Crippen LogP contribution >= 0.6 is 11.3 Å². The van der Waals surface area contributed by atoms with E-state index in [4.69, 9.17) is 4.74 Å². The van der Waals surface area contributed by atoms with Crippen LogP contribution in [0.15, 0.2) is 23.6 Å². The molecule has 24 heavy (non-hydrogen) atoms. The van der Waals surface area contributed by atoms with Gasteiger partial charge < -0.3 is 15.4 Å². The molecule has 1 amide bonds. The predicted octanol–water partition coefficient (Wildman–Crippen LogP) is 3.70. The summed E-state index contributed by atoms with van der Waals surface area (Å²) in [6.45, 7) is 6.55. The Morgan fingerprint density at radius 1 is 1.42 bits per heavy atom. The van der Waals surface area contributed by atoms with E-state index in [1.807, 2.05) is 25.1 Å². The number of thiazole rings is 1. The molecule has 0 spiro atoms. The van der Waals surface area contributed by atoms with E-state index in [0.29, 0.717) is 11.4 Å². The van der Waals surface area contributed by atoms with Gasteiger partial charge >= 0.3 is 0 Å². The lowest BCUT2D eigenvalue weighted by molar-refractivity contribution is -0.114. The molecule has 0 fully saturated rings. The van der Waals surface area contributed by atoms with E-state index in [1.54, 1.807) is 18.4 Å². The zero-order chi connectivity index (χ0) is 17.5. The van der Waals surface area contributed by atoms with Crippen LogP contribution in [-0.4, -0.2) is 24.5 Å². The average molecular weight is 347 g/mol. The van der Waals surface area contributed by atoms with Gasteiger partial charge in [0.2, 0.25) is 5.91 Å². The van der Waals surface area contributed by atoms with Crippen LogP contribution in [0.25, 0.3) is 0 Å². The lowest BCUT2D eigenvalue weighted by atomic mass is 10.1. The van der Waals surface area contributed by atoms with Gasteiger partial charge in [0.15, 0.2) is 0 Å². The molecule has 130 valence electrons. The minimum absolute atomic E-state index is 0.107. The summed E-state index contributed by atoms with van der Waals surface area (Å²) in [4.78, 5) is 15.8. The third-order valence-corrected chi connectivity index (χ3v) is 4.75. The second-order valence-electron chi connectivity index (χ2n) is 5.80. The number of hydrogen-bond acceptors (Lipinski definition) is 5. The molecular formula is C18H25N3O2S. The van der Waals surface area contributed by atoms with Crippen LogP contribution in [0.4, 0.5) is 5.69 Å². The summed E-state index contributed by atoms with van der Waals surface area (Å²) in [5.74, 6) is 0.560. The molecule has 1 atom stereocenters. The molecule has 2 N–H and O–H groups in total. The van der Waals surface area contributed by atoms with Crippen LogP contribution in [0.5, 0.6) is 5.75 Å². The number of methoxy groups -OCH3 is 1. The van der Waals surface area contributed by atoms with Crippen LogP contribution in [-0.2, 0) is 11.2 Å². The summed E-state index contributed by atoms with van der Waals surface area (Å²) in [7, 11) is 1.60. The van der Waals surface area contributed by atoms with Crippen LogP contribution in [0.3, 0.4) is 0 Å². The largest absolute Gasteiger partial charge is 0.495 e. The number of benzene rings is 1. The quantitative estimate of drug-likeness (QED) is 0.715. The van der Waals surface area contributed by atoms with Crippen molar-refractivity contribution in [2.75, 3.05) is 19.0 Å². The maximum absolute atomic E-state index is 11.3. The van der Waals surface area contributed by atoms with Crippen molar-refractivity contribution >= 4 is 22.9 Å². The zero-order valence-electron chi connectivity index (χ0n) is 14.7. The van der Waals surface area contributed by atoms with Gasteiger partial charge in [-0.3, -0.25) is 4.79 Å². The highest BCUT2D eigenvalue weighted by Gasteiger charge is 2.10. The van der Waals surface area contributed by atoms with E-state index >= 15 is 0 Å². The predicted molar refractivity (Wildman–Crippen MR) is 98.9 cm³/mol. The first-order valence-corrected chi connectivity index (χ1v) is 8.97. The van der Waals surface area contributed by atoms with E-state index in [0.717, 1.165) is 30.6 Å². The van der Waals surface area contributed by atoms with E-state index < -0.39 is 0 Å². The fourth-order valence-electron chi connectivity index (χ4n) is 2.48. The van der Waals surface area contributed by atoms with Crippen LogP contribution in [0.2, 0.25) is 0 Å². The minimum Gasteiger partial charge on any atom is -0.495 e. The molecule has 2 rings (SSSR count). The number of aryl methyl sites for hydroxylation is 2. The maximum Gasteiger partial charge on any atom is 0.221 e. The Morgan fingerprint density at radius 3 is 2.83 bits per heavy atom. The molecule has 1 heterocycles. The summed E-state index contributed by atoms with van der Waals surface area (Å²) in [6, 6.07) is 6.06. The Labute approximate surface area is 147 Å². The normalized spacial score (nSPS) is 12.0. The van der Waals surface area contributed by atoms with E-state index in [2.05, 4.69) is 27.9 Å². The number of carbonyl (C=O) groups excluding carboxylic acids is 1. The number of amides is 1. The van der Waals surface area contributed by atoms with Gasteiger partial charge in [0, 0.05) is 30.5 Å². The number of nitrogens with one attached hydrogen (secondary N) is 2. The lowest BCUT2D eigenvalue weighted by Gasteiger charge is -2.17. The molecule has 0 aliphatic carbocycles. The van der Waals surface area contributed by atoms with Crippen molar-refractivity contribution < 1.29 is 9.53 Å². The van der Waals surface area contributed by atoms with Crippen molar-refractivity contribution in [3.63, 3.8) is 0 Å². The summed E-state index contributed by atoms with van der Waals surface area (Å²) in [6.07, 6.45) is 2.05.